The maximum absolute atomic E-state index is 13.0. The van der Waals surface area contributed by atoms with E-state index in [-0.39, 0.29) is 17.8 Å². The molecule has 0 radical (unpaired) electrons. The predicted octanol–water partition coefficient (Wildman–Crippen LogP) is 2.05. The first kappa shape index (κ1) is 15.3. The smallest absolute Gasteiger partial charge is 0.276 e. The Labute approximate surface area is 139 Å². The van der Waals surface area contributed by atoms with Gasteiger partial charge in [0.2, 0.25) is 0 Å². The molecule has 2 fully saturated rings. The third kappa shape index (κ3) is 2.91. The standard InChI is InChI=1S/C17H19FN4O2/c18-13-3-5-14(6-4-13)22-19-10-15(20-22)17(23)21-8-7-16-12(11-21)2-1-9-24-16/h3-6,10,12,16H,1-2,7-9,11H2/t12-,16-/m0/s1. The van der Waals surface area contributed by atoms with Crippen molar-refractivity contribution in [1.82, 2.24) is 19.9 Å². The lowest BCUT2D eigenvalue weighted by Crippen LogP contribution is -2.48. The molecule has 2 atom stereocenters. The fourth-order valence-corrected chi connectivity index (χ4v) is 3.49. The number of likely N-dealkylation sites (tertiary alicyclic amines) is 1. The number of amides is 1. The van der Waals surface area contributed by atoms with Gasteiger partial charge in [-0.1, -0.05) is 0 Å². The van der Waals surface area contributed by atoms with E-state index in [9.17, 15) is 9.18 Å². The Bertz CT molecular complexity index is 730. The average molecular weight is 330 g/mol. The molecule has 2 aromatic rings. The SMILES string of the molecule is O=C(c1cnn(-c2ccc(F)cc2)n1)N1CC[C@@H]2OCCC[C@H]2C1. The summed E-state index contributed by atoms with van der Waals surface area (Å²) in [5.74, 6) is -0.00393. The van der Waals surface area contributed by atoms with Gasteiger partial charge in [0.05, 0.1) is 18.0 Å². The molecule has 0 spiro atoms. The molecular weight excluding hydrogens is 311 g/mol. The summed E-state index contributed by atoms with van der Waals surface area (Å²) in [6.45, 7) is 2.23. The molecule has 1 aromatic heterocycles. The molecule has 24 heavy (non-hydrogen) atoms. The van der Waals surface area contributed by atoms with Crippen LogP contribution >= 0.6 is 0 Å². The van der Waals surface area contributed by atoms with Crippen LogP contribution in [0.4, 0.5) is 4.39 Å². The van der Waals surface area contributed by atoms with Crippen LogP contribution in [0.1, 0.15) is 29.8 Å². The Balaban J connectivity index is 1.48. The topological polar surface area (TPSA) is 60.2 Å². The number of aromatic nitrogens is 3. The van der Waals surface area contributed by atoms with Crippen LogP contribution in [0.2, 0.25) is 0 Å². The Morgan fingerprint density at radius 2 is 2.08 bits per heavy atom. The van der Waals surface area contributed by atoms with Crippen LogP contribution in [-0.2, 0) is 4.74 Å². The lowest BCUT2D eigenvalue weighted by atomic mass is 9.88. The van der Waals surface area contributed by atoms with E-state index in [0.717, 1.165) is 25.9 Å². The van der Waals surface area contributed by atoms with Gasteiger partial charge in [0, 0.05) is 25.6 Å². The summed E-state index contributed by atoms with van der Waals surface area (Å²) in [4.78, 5) is 15.9. The van der Waals surface area contributed by atoms with Gasteiger partial charge in [-0.2, -0.15) is 9.90 Å². The van der Waals surface area contributed by atoms with Crippen LogP contribution in [0.5, 0.6) is 0 Å². The highest BCUT2D eigenvalue weighted by molar-refractivity contribution is 5.92. The predicted molar refractivity (Wildman–Crippen MR) is 84.3 cm³/mol. The lowest BCUT2D eigenvalue weighted by Gasteiger charge is -2.40. The molecule has 1 aromatic carbocycles. The van der Waals surface area contributed by atoms with E-state index in [1.165, 1.54) is 23.1 Å². The number of carbonyl (C=O) groups excluding carboxylic acids is 1. The Morgan fingerprint density at radius 1 is 1.25 bits per heavy atom. The third-order valence-corrected chi connectivity index (χ3v) is 4.77. The first-order chi connectivity index (χ1) is 11.7. The fourth-order valence-electron chi connectivity index (χ4n) is 3.49. The number of benzene rings is 1. The lowest BCUT2D eigenvalue weighted by molar-refractivity contribution is -0.0607. The van der Waals surface area contributed by atoms with E-state index in [4.69, 9.17) is 4.74 Å². The molecule has 0 saturated carbocycles. The minimum atomic E-state index is -0.320. The van der Waals surface area contributed by atoms with Crippen LogP contribution in [0, 0.1) is 11.7 Å². The van der Waals surface area contributed by atoms with Crippen molar-refractivity contribution < 1.29 is 13.9 Å². The number of ether oxygens (including phenoxy) is 1. The van der Waals surface area contributed by atoms with E-state index in [1.807, 2.05) is 4.90 Å². The number of hydrogen-bond acceptors (Lipinski definition) is 4. The summed E-state index contributed by atoms with van der Waals surface area (Å²) in [6, 6.07) is 5.84. The van der Waals surface area contributed by atoms with Gasteiger partial charge in [0.1, 0.15) is 5.82 Å². The van der Waals surface area contributed by atoms with Crippen LogP contribution in [0.3, 0.4) is 0 Å². The van der Waals surface area contributed by atoms with Crippen LogP contribution in [-0.4, -0.2) is 51.6 Å². The van der Waals surface area contributed by atoms with Gasteiger partial charge in [-0.25, -0.2) is 4.39 Å². The molecule has 0 aliphatic carbocycles. The molecule has 2 aliphatic rings. The number of halogens is 1. The minimum Gasteiger partial charge on any atom is -0.378 e. The quantitative estimate of drug-likeness (QED) is 0.845. The number of nitrogens with zero attached hydrogens (tertiary/aromatic N) is 4. The van der Waals surface area contributed by atoms with Gasteiger partial charge in [0.15, 0.2) is 5.69 Å². The van der Waals surface area contributed by atoms with Crippen molar-refractivity contribution in [1.29, 1.82) is 0 Å². The maximum atomic E-state index is 13.0. The van der Waals surface area contributed by atoms with Gasteiger partial charge in [-0.05, 0) is 43.5 Å². The highest BCUT2D eigenvalue weighted by atomic mass is 19.1. The zero-order valence-corrected chi connectivity index (χ0v) is 13.3. The van der Waals surface area contributed by atoms with Crippen molar-refractivity contribution in [3.8, 4) is 5.69 Å². The Kier molecular flexibility index (Phi) is 4.02. The summed E-state index contributed by atoms with van der Waals surface area (Å²) in [7, 11) is 0. The van der Waals surface area contributed by atoms with E-state index in [2.05, 4.69) is 10.2 Å². The molecule has 0 N–H and O–H groups in total. The largest absolute Gasteiger partial charge is 0.378 e. The van der Waals surface area contributed by atoms with Crippen molar-refractivity contribution >= 4 is 5.91 Å². The van der Waals surface area contributed by atoms with E-state index >= 15 is 0 Å². The van der Waals surface area contributed by atoms with E-state index in [1.54, 1.807) is 12.1 Å². The van der Waals surface area contributed by atoms with Crippen LogP contribution in [0.25, 0.3) is 5.69 Å². The molecule has 2 aliphatic heterocycles. The van der Waals surface area contributed by atoms with Crippen LogP contribution in [0.15, 0.2) is 30.5 Å². The summed E-state index contributed by atoms with van der Waals surface area (Å²) >= 11 is 0. The first-order valence-electron chi connectivity index (χ1n) is 8.30. The van der Waals surface area contributed by atoms with Crippen molar-refractivity contribution in [2.45, 2.75) is 25.4 Å². The first-order valence-corrected chi connectivity index (χ1v) is 8.30. The number of piperidine rings is 1. The number of carbonyl (C=O) groups is 1. The minimum absolute atomic E-state index is 0.104. The van der Waals surface area contributed by atoms with Gasteiger partial charge in [-0.3, -0.25) is 4.79 Å². The highest BCUT2D eigenvalue weighted by Gasteiger charge is 2.34. The fraction of sp³-hybridized carbons (Fsp3) is 0.471. The second-order valence-corrected chi connectivity index (χ2v) is 6.35. The van der Waals surface area contributed by atoms with Crippen molar-refractivity contribution in [2.24, 2.45) is 5.92 Å². The summed E-state index contributed by atoms with van der Waals surface area (Å²) in [6.07, 6.45) is 4.80. The molecule has 2 saturated heterocycles. The molecule has 6 nitrogen and oxygen atoms in total. The molecule has 126 valence electrons. The zero-order valence-electron chi connectivity index (χ0n) is 13.3. The van der Waals surface area contributed by atoms with Crippen molar-refractivity contribution in [3.63, 3.8) is 0 Å². The Hall–Kier alpha value is -2.28. The number of hydrogen-bond donors (Lipinski definition) is 0. The highest BCUT2D eigenvalue weighted by Crippen LogP contribution is 2.28. The summed E-state index contributed by atoms with van der Waals surface area (Å²) < 4.78 is 18.8. The maximum Gasteiger partial charge on any atom is 0.276 e. The monoisotopic (exact) mass is 330 g/mol. The molecule has 3 heterocycles. The molecule has 1 amide bonds. The van der Waals surface area contributed by atoms with Crippen molar-refractivity contribution in [2.75, 3.05) is 19.7 Å². The van der Waals surface area contributed by atoms with Gasteiger partial charge < -0.3 is 9.64 Å². The second-order valence-electron chi connectivity index (χ2n) is 6.35. The molecular formula is C17H19FN4O2. The normalized spacial score (nSPS) is 23.8. The zero-order chi connectivity index (χ0) is 16.5. The molecule has 4 rings (SSSR count). The van der Waals surface area contributed by atoms with E-state index in [0.29, 0.717) is 30.4 Å². The van der Waals surface area contributed by atoms with Gasteiger partial charge in [-0.15, -0.1) is 5.10 Å². The summed E-state index contributed by atoms with van der Waals surface area (Å²) in [5, 5.41) is 8.37. The Morgan fingerprint density at radius 3 is 2.92 bits per heavy atom. The van der Waals surface area contributed by atoms with E-state index < -0.39 is 0 Å². The van der Waals surface area contributed by atoms with Gasteiger partial charge in [0.25, 0.3) is 5.91 Å². The second kappa shape index (κ2) is 6.32. The summed E-state index contributed by atoms with van der Waals surface area (Å²) in [5.41, 5.74) is 0.935. The molecule has 0 bridgehead atoms. The van der Waals surface area contributed by atoms with Crippen LogP contribution < -0.4 is 0 Å². The molecule has 0 unspecified atom stereocenters. The molecule has 7 heteroatoms. The van der Waals surface area contributed by atoms with Crippen molar-refractivity contribution in [3.05, 3.63) is 42.0 Å². The average Bonchev–Trinajstić information content (AvgIpc) is 3.11. The number of rotatable bonds is 2. The third-order valence-electron chi connectivity index (χ3n) is 4.77. The van der Waals surface area contributed by atoms with Gasteiger partial charge >= 0.3 is 0 Å². The number of fused-ring (bicyclic) bond motifs is 1.